The third-order valence-corrected chi connectivity index (χ3v) is 4.02. The molecule has 2 N–H and O–H groups in total. The molecular weight excluding hydrogens is 322 g/mol. The normalized spacial score (nSPS) is 11.9. The van der Waals surface area contributed by atoms with Gasteiger partial charge in [0.25, 0.3) is 0 Å². The average Bonchev–Trinajstić information content (AvgIpc) is 2.46. The summed E-state index contributed by atoms with van der Waals surface area (Å²) >= 11 is 0. The van der Waals surface area contributed by atoms with Crippen molar-refractivity contribution in [2.75, 3.05) is 0 Å². The third kappa shape index (κ3) is 11.9. The van der Waals surface area contributed by atoms with Crippen molar-refractivity contribution in [3.63, 3.8) is 0 Å². The lowest BCUT2D eigenvalue weighted by Crippen LogP contribution is -2.22. The SMILES string of the molecule is Br.CCCCCCCCCCCC(N)Cc1ccccc1. The fraction of sp³-hybridized carbons (Fsp3) is 0.684. The van der Waals surface area contributed by atoms with Crippen LogP contribution in [0.25, 0.3) is 0 Å². The van der Waals surface area contributed by atoms with Crippen LogP contribution in [0.2, 0.25) is 0 Å². The minimum atomic E-state index is 0. The van der Waals surface area contributed by atoms with Crippen LogP contribution in [0.5, 0.6) is 0 Å². The van der Waals surface area contributed by atoms with E-state index in [2.05, 4.69) is 37.3 Å². The molecule has 0 aromatic heterocycles. The summed E-state index contributed by atoms with van der Waals surface area (Å²) in [6.45, 7) is 2.28. The number of hydrogen-bond donors (Lipinski definition) is 1. The molecule has 1 aromatic rings. The van der Waals surface area contributed by atoms with Gasteiger partial charge >= 0.3 is 0 Å². The lowest BCUT2D eigenvalue weighted by Gasteiger charge is -2.11. The van der Waals surface area contributed by atoms with E-state index < -0.39 is 0 Å². The van der Waals surface area contributed by atoms with Gasteiger partial charge in [0.15, 0.2) is 0 Å². The van der Waals surface area contributed by atoms with E-state index in [1.165, 1.54) is 69.8 Å². The van der Waals surface area contributed by atoms with Crippen LogP contribution in [0.1, 0.15) is 76.7 Å². The van der Waals surface area contributed by atoms with Gasteiger partial charge in [-0.05, 0) is 18.4 Å². The van der Waals surface area contributed by atoms with Gasteiger partial charge < -0.3 is 5.73 Å². The Hall–Kier alpha value is -0.340. The topological polar surface area (TPSA) is 26.0 Å². The Balaban J connectivity index is 0.00000400. The Morgan fingerprint density at radius 1 is 0.810 bits per heavy atom. The highest BCUT2D eigenvalue weighted by Crippen LogP contribution is 2.12. The summed E-state index contributed by atoms with van der Waals surface area (Å²) in [4.78, 5) is 0. The molecule has 0 bridgehead atoms. The van der Waals surface area contributed by atoms with Crippen molar-refractivity contribution in [2.45, 2.75) is 83.6 Å². The summed E-state index contributed by atoms with van der Waals surface area (Å²) in [6.07, 6.45) is 14.7. The Labute approximate surface area is 142 Å². The quantitative estimate of drug-likeness (QED) is 0.453. The molecule has 0 saturated carbocycles. The number of nitrogens with two attached hydrogens (primary N) is 1. The molecule has 0 aliphatic rings. The standard InChI is InChI=1S/C19H33N.BrH/c1-2-3-4-5-6-7-8-9-13-16-19(20)17-18-14-11-10-12-15-18;/h10-12,14-15,19H,2-9,13,16-17,20H2,1H3;1H. The van der Waals surface area contributed by atoms with Gasteiger partial charge in [-0.15, -0.1) is 17.0 Å². The van der Waals surface area contributed by atoms with Crippen molar-refractivity contribution in [1.82, 2.24) is 0 Å². The Bertz CT molecular complexity index is 313. The number of unbranched alkanes of at least 4 members (excludes halogenated alkanes) is 8. The molecule has 0 radical (unpaired) electrons. The molecule has 0 fully saturated rings. The molecule has 1 rings (SSSR count). The van der Waals surface area contributed by atoms with Crippen molar-refractivity contribution in [2.24, 2.45) is 5.73 Å². The summed E-state index contributed by atoms with van der Waals surface area (Å²) in [5.41, 5.74) is 7.57. The smallest absolute Gasteiger partial charge is 0.00793 e. The minimum Gasteiger partial charge on any atom is -0.327 e. The summed E-state index contributed by atoms with van der Waals surface area (Å²) in [6, 6.07) is 10.9. The van der Waals surface area contributed by atoms with E-state index in [1.54, 1.807) is 0 Å². The Kier molecular flexibility index (Phi) is 14.4. The summed E-state index contributed by atoms with van der Waals surface area (Å²) in [7, 11) is 0. The van der Waals surface area contributed by atoms with Gasteiger partial charge in [-0.2, -0.15) is 0 Å². The van der Waals surface area contributed by atoms with Crippen molar-refractivity contribution in [3.05, 3.63) is 35.9 Å². The maximum atomic E-state index is 6.20. The van der Waals surface area contributed by atoms with E-state index in [1.807, 2.05) is 0 Å². The second-order valence-corrected chi connectivity index (χ2v) is 6.07. The molecular formula is C19H34BrN. The van der Waals surface area contributed by atoms with Crippen molar-refractivity contribution in [1.29, 1.82) is 0 Å². The summed E-state index contributed by atoms with van der Waals surface area (Å²) in [5, 5.41) is 0. The lowest BCUT2D eigenvalue weighted by molar-refractivity contribution is 0.522. The van der Waals surface area contributed by atoms with E-state index >= 15 is 0 Å². The molecule has 1 unspecified atom stereocenters. The van der Waals surface area contributed by atoms with Gasteiger partial charge in [0.2, 0.25) is 0 Å². The number of rotatable bonds is 12. The molecule has 0 amide bonds. The number of halogens is 1. The van der Waals surface area contributed by atoms with Crippen LogP contribution >= 0.6 is 17.0 Å². The van der Waals surface area contributed by atoms with E-state index in [-0.39, 0.29) is 17.0 Å². The van der Waals surface area contributed by atoms with E-state index in [9.17, 15) is 0 Å². The average molecular weight is 356 g/mol. The molecule has 1 nitrogen and oxygen atoms in total. The minimum absolute atomic E-state index is 0. The molecule has 122 valence electrons. The lowest BCUT2D eigenvalue weighted by atomic mass is 10.00. The fourth-order valence-corrected chi connectivity index (χ4v) is 2.74. The molecule has 2 heteroatoms. The molecule has 0 saturated heterocycles. The molecule has 0 aliphatic heterocycles. The van der Waals surface area contributed by atoms with E-state index in [0.29, 0.717) is 6.04 Å². The van der Waals surface area contributed by atoms with Gasteiger partial charge in [0, 0.05) is 6.04 Å². The highest BCUT2D eigenvalue weighted by Gasteiger charge is 2.03. The van der Waals surface area contributed by atoms with E-state index in [4.69, 9.17) is 5.73 Å². The maximum absolute atomic E-state index is 6.20. The maximum Gasteiger partial charge on any atom is 0.00793 e. The third-order valence-electron chi connectivity index (χ3n) is 4.02. The zero-order chi connectivity index (χ0) is 14.5. The molecule has 0 heterocycles. The monoisotopic (exact) mass is 355 g/mol. The zero-order valence-electron chi connectivity index (χ0n) is 13.7. The second-order valence-electron chi connectivity index (χ2n) is 6.07. The van der Waals surface area contributed by atoms with Crippen molar-refractivity contribution in [3.8, 4) is 0 Å². The molecule has 0 spiro atoms. The Morgan fingerprint density at radius 2 is 1.33 bits per heavy atom. The first-order chi connectivity index (χ1) is 9.83. The molecule has 1 aromatic carbocycles. The number of hydrogen-bond acceptors (Lipinski definition) is 1. The molecule has 1 atom stereocenters. The Morgan fingerprint density at radius 3 is 1.90 bits per heavy atom. The van der Waals surface area contributed by atoms with Gasteiger partial charge in [-0.3, -0.25) is 0 Å². The van der Waals surface area contributed by atoms with Crippen LogP contribution in [0.4, 0.5) is 0 Å². The first-order valence-corrected chi connectivity index (χ1v) is 8.62. The highest BCUT2D eigenvalue weighted by molar-refractivity contribution is 8.93. The predicted molar refractivity (Wildman–Crippen MR) is 100 cm³/mol. The van der Waals surface area contributed by atoms with Gasteiger partial charge in [-0.1, -0.05) is 95.0 Å². The first kappa shape index (κ1) is 20.7. The molecule has 21 heavy (non-hydrogen) atoms. The van der Waals surface area contributed by atoms with Gasteiger partial charge in [0.1, 0.15) is 0 Å². The molecule has 0 aliphatic carbocycles. The van der Waals surface area contributed by atoms with Gasteiger partial charge in [-0.25, -0.2) is 0 Å². The highest BCUT2D eigenvalue weighted by atomic mass is 79.9. The van der Waals surface area contributed by atoms with Gasteiger partial charge in [0.05, 0.1) is 0 Å². The van der Waals surface area contributed by atoms with Crippen LogP contribution < -0.4 is 5.73 Å². The zero-order valence-corrected chi connectivity index (χ0v) is 15.4. The number of benzene rings is 1. The second kappa shape index (κ2) is 14.6. The van der Waals surface area contributed by atoms with Crippen LogP contribution in [-0.4, -0.2) is 6.04 Å². The van der Waals surface area contributed by atoms with E-state index in [0.717, 1.165) is 6.42 Å². The van der Waals surface area contributed by atoms with Crippen LogP contribution in [0.3, 0.4) is 0 Å². The van der Waals surface area contributed by atoms with Crippen molar-refractivity contribution >= 4 is 17.0 Å². The first-order valence-electron chi connectivity index (χ1n) is 8.62. The summed E-state index contributed by atoms with van der Waals surface area (Å²) in [5.74, 6) is 0. The summed E-state index contributed by atoms with van der Waals surface area (Å²) < 4.78 is 0. The van der Waals surface area contributed by atoms with Crippen molar-refractivity contribution < 1.29 is 0 Å². The predicted octanol–water partition coefficient (Wildman–Crippen LogP) is 6.06. The fourth-order valence-electron chi connectivity index (χ4n) is 2.74. The van der Waals surface area contributed by atoms with Crippen LogP contribution in [0, 0.1) is 0 Å². The van der Waals surface area contributed by atoms with Crippen LogP contribution in [-0.2, 0) is 6.42 Å². The largest absolute Gasteiger partial charge is 0.327 e. The van der Waals surface area contributed by atoms with Crippen LogP contribution in [0.15, 0.2) is 30.3 Å².